The highest BCUT2D eigenvalue weighted by Gasteiger charge is 1.95. The van der Waals surface area contributed by atoms with Gasteiger partial charge in [-0.2, -0.15) is 0 Å². The Morgan fingerprint density at radius 3 is 2.70 bits per heavy atom. The van der Waals surface area contributed by atoms with Gasteiger partial charge in [-0.3, -0.25) is 0 Å². The summed E-state index contributed by atoms with van der Waals surface area (Å²) in [5.74, 6) is 0. The van der Waals surface area contributed by atoms with Gasteiger partial charge in [-0.05, 0) is 13.3 Å². The van der Waals surface area contributed by atoms with Gasteiger partial charge in [-0.15, -0.1) is 0 Å². The number of ether oxygens (including phenoxy) is 2. The molecule has 0 aromatic carbocycles. The van der Waals surface area contributed by atoms with Gasteiger partial charge in [0.15, 0.2) is 0 Å². The Labute approximate surface area is 62.8 Å². The minimum absolute atomic E-state index is 0.341. The second-order valence-electron chi connectivity index (χ2n) is 2.13. The SMILES string of the molecule is C=COCCOC(C)CC. The van der Waals surface area contributed by atoms with E-state index in [1.54, 1.807) is 0 Å². The van der Waals surface area contributed by atoms with Gasteiger partial charge >= 0.3 is 0 Å². The molecule has 0 radical (unpaired) electrons. The van der Waals surface area contributed by atoms with Crippen molar-refractivity contribution in [1.82, 2.24) is 0 Å². The van der Waals surface area contributed by atoms with E-state index < -0.39 is 0 Å². The van der Waals surface area contributed by atoms with Crippen molar-refractivity contribution < 1.29 is 9.47 Å². The summed E-state index contributed by atoms with van der Waals surface area (Å²) in [6.07, 6.45) is 2.82. The normalized spacial score (nSPS) is 12.6. The van der Waals surface area contributed by atoms with Crippen molar-refractivity contribution in [2.45, 2.75) is 26.4 Å². The smallest absolute Gasteiger partial charge is 0.111 e. The van der Waals surface area contributed by atoms with Crippen LogP contribution in [0.5, 0.6) is 0 Å². The van der Waals surface area contributed by atoms with Crippen molar-refractivity contribution in [3.63, 3.8) is 0 Å². The van der Waals surface area contributed by atoms with Crippen LogP contribution >= 0.6 is 0 Å². The summed E-state index contributed by atoms with van der Waals surface area (Å²) in [6.45, 7) is 8.82. The molecule has 0 amide bonds. The summed E-state index contributed by atoms with van der Waals surface area (Å²) in [6, 6.07) is 0. The molecule has 60 valence electrons. The maximum absolute atomic E-state index is 5.32. The van der Waals surface area contributed by atoms with Crippen molar-refractivity contribution in [3.8, 4) is 0 Å². The fourth-order valence-electron chi connectivity index (χ4n) is 0.499. The predicted octanol–water partition coefficient (Wildman–Crippen LogP) is 1.96. The number of hydrogen-bond donors (Lipinski definition) is 0. The first-order valence-electron chi connectivity index (χ1n) is 3.65. The molecule has 0 heterocycles. The molecule has 0 aliphatic heterocycles. The van der Waals surface area contributed by atoms with Gasteiger partial charge in [0.05, 0.1) is 19.0 Å². The summed E-state index contributed by atoms with van der Waals surface area (Å²) in [5.41, 5.74) is 0. The molecule has 0 rings (SSSR count). The predicted molar refractivity (Wildman–Crippen MR) is 41.9 cm³/mol. The number of hydrogen-bond acceptors (Lipinski definition) is 2. The first-order valence-corrected chi connectivity index (χ1v) is 3.65. The van der Waals surface area contributed by atoms with Crippen molar-refractivity contribution in [1.29, 1.82) is 0 Å². The quantitative estimate of drug-likeness (QED) is 0.419. The van der Waals surface area contributed by atoms with E-state index >= 15 is 0 Å². The molecular formula is C8H16O2. The second kappa shape index (κ2) is 6.62. The third kappa shape index (κ3) is 5.63. The summed E-state index contributed by atoms with van der Waals surface area (Å²) < 4.78 is 10.2. The van der Waals surface area contributed by atoms with Crippen molar-refractivity contribution in [2.75, 3.05) is 13.2 Å². The van der Waals surface area contributed by atoms with Gasteiger partial charge in [0.25, 0.3) is 0 Å². The Kier molecular flexibility index (Phi) is 6.29. The number of rotatable bonds is 6. The van der Waals surface area contributed by atoms with E-state index in [0.29, 0.717) is 19.3 Å². The summed E-state index contributed by atoms with van der Waals surface area (Å²) >= 11 is 0. The highest BCUT2D eigenvalue weighted by Crippen LogP contribution is 1.94. The van der Waals surface area contributed by atoms with Crippen LogP contribution in [0.2, 0.25) is 0 Å². The minimum Gasteiger partial charge on any atom is -0.499 e. The van der Waals surface area contributed by atoms with E-state index in [1.807, 2.05) is 6.92 Å². The third-order valence-corrected chi connectivity index (χ3v) is 1.30. The van der Waals surface area contributed by atoms with Crippen LogP contribution in [0, 0.1) is 0 Å². The van der Waals surface area contributed by atoms with Crippen molar-refractivity contribution in [2.24, 2.45) is 0 Å². The molecule has 1 atom stereocenters. The molecule has 0 aliphatic rings. The van der Waals surface area contributed by atoms with Gasteiger partial charge in [0, 0.05) is 0 Å². The molecule has 2 heteroatoms. The molecule has 0 fully saturated rings. The van der Waals surface area contributed by atoms with Crippen molar-refractivity contribution >= 4 is 0 Å². The lowest BCUT2D eigenvalue weighted by molar-refractivity contribution is 0.0335. The first-order chi connectivity index (χ1) is 4.81. The molecule has 0 bridgehead atoms. The van der Waals surface area contributed by atoms with Gasteiger partial charge in [0.2, 0.25) is 0 Å². The van der Waals surface area contributed by atoms with E-state index in [1.165, 1.54) is 6.26 Å². The summed E-state index contributed by atoms with van der Waals surface area (Å²) in [4.78, 5) is 0. The lowest BCUT2D eigenvalue weighted by atomic mass is 10.3. The average molecular weight is 144 g/mol. The molecular weight excluding hydrogens is 128 g/mol. The van der Waals surface area contributed by atoms with E-state index in [-0.39, 0.29) is 0 Å². The maximum Gasteiger partial charge on any atom is 0.111 e. The van der Waals surface area contributed by atoms with Crippen LogP contribution < -0.4 is 0 Å². The lowest BCUT2D eigenvalue weighted by Gasteiger charge is -2.09. The molecule has 0 N–H and O–H groups in total. The molecule has 0 aliphatic carbocycles. The lowest BCUT2D eigenvalue weighted by Crippen LogP contribution is -2.10. The van der Waals surface area contributed by atoms with Crippen LogP contribution in [0.25, 0.3) is 0 Å². The fraction of sp³-hybridized carbons (Fsp3) is 0.750. The van der Waals surface area contributed by atoms with Crippen LogP contribution in [-0.4, -0.2) is 19.3 Å². The van der Waals surface area contributed by atoms with E-state index in [0.717, 1.165) is 6.42 Å². The molecule has 0 saturated carbocycles. The van der Waals surface area contributed by atoms with Crippen LogP contribution in [0.4, 0.5) is 0 Å². The monoisotopic (exact) mass is 144 g/mol. The second-order valence-corrected chi connectivity index (χ2v) is 2.13. The summed E-state index contributed by atoms with van der Waals surface area (Å²) in [5, 5.41) is 0. The third-order valence-electron chi connectivity index (χ3n) is 1.30. The molecule has 0 aromatic rings. The average Bonchev–Trinajstić information content (AvgIpc) is 1.98. The molecule has 10 heavy (non-hydrogen) atoms. The van der Waals surface area contributed by atoms with E-state index in [2.05, 4.69) is 13.5 Å². The van der Waals surface area contributed by atoms with Crippen LogP contribution in [-0.2, 0) is 9.47 Å². The zero-order valence-electron chi connectivity index (χ0n) is 6.80. The zero-order chi connectivity index (χ0) is 7.82. The van der Waals surface area contributed by atoms with Crippen LogP contribution in [0.15, 0.2) is 12.8 Å². The Morgan fingerprint density at radius 2 is 2.20 bits per heavy atom. The maximum atomic E-state index is 5.32. The van der Waals surface area contributed by atoms with Crippen LogP contribution in [0.3, 0.4) is 0 Å². The highest BCUT2D eigenvalue weighted by atomic mass is 16.5. The first kappa shape index (κ1) is 9.50. The van der Waals surface area contributed by atoms with Gasteiger partial charge in [0.1, 0.15) is 6.61 Å². The Bertz CT molecular complexity index is 81.3. The Hall–Kier alpha value is -0.500. The fourth-order valence-corrected chi connectivity index (χ4v) is 0.499. The topological polar surface area (TPSA) is 18.5 Å². The van der Waals surface area contributed by atoms with E-state index in [9.17, 15) is 0 Å². The molecule has 2 nitrogen and oxygen atoms in total. The summed E-state index contributed by atoms with van der Waals surface area (Å²) in [7, 11) is 0. The highest BCUT2D eigenvalue weighted by molar-refractivity contribution is 4.49. The van der Waals surface area contributed by atoms with E-state index in [4.69, 9.17) is 9.47 Å². The molecule has 0 saturated heterocycles. The largest absolute Gasteiger partial charge is 0.499 e. The Morgan fingerprint density at radius 1 is 1.50 bits per heavy atom. The standard InChI is InChI=1S/C8H16O2/c1-4-8(3)10-7-6-9-5-2/h5,8H,2,4,6-7H2,1,3H3. The van der Waals surface area contributed by atoms with Crippen LogP contribution in [0.1, 0.15) is 20.3 Å². The Balaban J connectivity index is 2.95. The molecule has 1 unspecified atom stereocenters. The van der Waals surface area contributed by atoms with Gasteiger partial charge in [-0.1, -0.05) is 13.5 Å². The molecule has 0 spiro atoms. The minimum atomic E-state index is 0.341. The van der Waals surface area contributed by atoms with Gasteiger partial charge in [-0.25, -0.2) is 0 Å². The van der Waals surface area contributed by atoms with Crippen molar-refractivity contribution in [3.05, 3.63) is 12.8 Å². The zero-order valence-corrected chi connectivity index (χ0v) is 6.80. The van der Waals surface area contributed by atoms with Gasteiger partial charge < -0.3 is 9.47 Å². The molecule has 0 aromatic heterocycles.